The third kappa shape index (κ3) is 3.71. The molecule has 0 spiro atoms. The molecule has 0 heterocycles. The first kappa shape index (κ1) is 16.0. The molecule has 0 aromatic heterocycles. The molecule has 2 saturated carbocycles. The SMILES string of the molecule is O=C(CC1CC2CCC1C2)NCC(C(=O)O)c1ccc(F)cc1. The van der Waals surface area contributed by atoms with Gasteiger partial charge in [0.05, 0.1) is 5.92 Å². The van der Waals surface area contributed by atoms with Crippen molar-refractivity contribution in [2.24, 2.45) is 17.8 Å². The molecular formula is C18H22FNO3. The van der Waals surface area contributed by atoms with Crippen LogP contribution in [-0.2, 0) is 9.59 Å². The molecule has 0 saturated heterocycles. The highest BCUT2D eigenvalue weighted by Crippen LogP contribution is 2.49. The van der Waals surface area contributed by atoms with Crippen molar-refractivity contribution < 1.29 is 19.1 Å². The highest BCUT2D eigenvalue weighted by atomic mass is 19.1. The summed E-state index contributed by atoms with van der Waals surface area (Å²) in [4.78, 5) is 23.5. The van der Waals surface area contributed by atoms with Crippen LogP contribution in [0.25, 0.3) is 0 Å². The van der Waals surface area contributed by atoms with Gasteiger partial charge >= 0.3 is 5.97 Å². The maximum atomic E-state index is 12.9. The fourth-order valence-electron chi connectivity index (χ4n) is 4.20. The van der Waals surface area contributed by atoms with Crippen molar-refractivity contribution >= 4 is 11.9 Å². The molecule has 4 nitrogen and oxygen atoms in total. The molecule has 23 heavy (non-hydrogen) atoms. The first-order valence-electron chi connectivity index (χ1n) is 8.28. The van der Waals surface area contributed by atoms with Crippen LogP contribution in [0.3, 0.4) is 0 Å². The van der Waals surface area contributed by atoms with Gasteiger partial charge in [0.2, 0.25) is 5.91 Å². The molecule has 5 heteroatoms. The zero-order valence-electron chi connectivity index (χ0n) is 13.0. The van der Waals surface area contributed by atoms with Crippen molar-refractivity contribution in [1.82, 2.24) is 5.32 Å². The van der Waals surface area contributed by atoms with E-state index in [0.717, 1.165) is 12.3 Å². The Hall–Kier alpha value is -1.91. The minimum Gasteiger partial charge on any atom is -0.481 e. The lowest BCUT2D eigenvalue weighted by atomic mass is 9.86. The quantitative estimate of drug-likeness (QED) is 0.847. The van der Waals surface area contributed by atoms with Crippen molar-refractivity contribution in [3.05, 3.63) is 35.6 Å². The molecule has 2 bridgehead atoms. The molecule has 1 aromatic carbocycles. The van der Waals surface area contributed by atoms with Crippen LogP contribution in [0.1, 0.15) is 43.6 Å². The zero-order valence-corrected chi connectivity index (χ0v) is 13.0. The summed E-state index contributed by atoms with van der Waals surface area (Å²) in [6.45, 7) is 0.0423. The number of hydrogen-bond acceptors (Lipinski definition) is 2. The number of nitrogens with one attached hydrogen (secondary N) is 1. The molecule has 2 aliphatic rings. The zero-order chi connectivity index (χ0) is 16.4. The summed E-state index contributed by atoms with van der Waals surface area (Å²) < 4.78 is 12.9. The van der Waals surface area contributed by atoms with Crippen molar-refractivity contribution in [3.63, 3.8) is 0 Å². The second kappa shape index (κ2) is 6.69. The molecule has 124 valence electrons. The Kier molecular flexibility index (Phi) is 4.64. The highest BCUT2D eigenvalue weighted by Gasteiger charge is 2.40. The van der Waals surface area contributed by atoms with Crippen molar-refractivity contribution in [2.75, 3.05) is 6.54 Å². The summed E-state index contributed by atoms with van der Waals surface area (Å²) in [5.74, 6) is -0.407. The van der Waals surface area contributed by atoms with E-state index in [1.807, 2.05) is 0 Å². The van der Waals surface area contributed by atoms with E-state index in [0.29, 0.717) is 23.8 Å². The number of carbonyl (C=O) groups is 2. The summed E-state index contributed by atoms with van der Waals surface area (Å²) in [7, 11) is 0. The van der Waals surface area contributed by atoms with Crippen molar-refractivity contribution in [1.29, 1.82) is 0 Å². The molecule has 4 atom stereocenters. The van der Waals surface area contributed by atoms with Gasteiger partial charge in [0.15, 0.2) is 0 Å². The maximum absolute atomic E-state index is 12.9. The van der Waals surface area contributed by atoms with Gasteiger partial charge in [0.1, 0.15) is 5.82 Å². The number of amides is 1. The van der Waals surface area contributed by atoms with Gasteiger partial charge in [-0.1, -0.05) is 18.6 Å². The molecule has 2 aliphatic carbocycles. The summed E-state index contributed by atoms with van der Waals surface area (Å²) in [6, 6.07) is 5.39. The van der Waals surface area contributed by atoms with Gasteiger partial charge < -0.3 is 10.4 Å². The highest BCUT2D eigenvalue weighted by molar-refractivity contribution is 5.80. The van der Waals surface area contributed by atoms with Crippen LogP contribution in [0.15, 0.2) is 24.3 Å². The molecule has 3 rings (SSSR count). The van der Waals surface area contributed by atoms with E-state index in [1.165, 1.54) is 43.5 Å². The topological polar surface area (TPSA) is 66.4 Å². The van der Waals surface area contributed by atoms with Gasteiger partial charge in [-0.05, 0) is 54.7 Å². The predicted molar refractivity (Wildman–Crippen MR) is 83.3 cm³/mol. The van der Waals surface area contributed by atoms with Gasteiger partial charge in [0, 0.05) is 13.0 Å². The number of aliphatic carboxylic acids is 1. The van der Waals surface area contributed by atoms with Crippen LogP contribution < -0.4 is 5.32 Å². The molecule has 1 amide bonds. The van der Waals surface area contributed by atoms with Crippen LogP contribution in [-0.4, -0.2) is 23.5 Å². The van der Waals surface area contributed by atoms with E-state index in [-0.39, 0.29) is 12.5 Å². The van der Waals surface area contributed by atoms with Crippen LogP contribution in [0.2, 0.25) is 0 Å². The van der Waals surface area contributed by atoms with Crippen molar-refractivity contribution in [3.8, 4) is 0 Å². The minimum absolute atomic E-state index is 0.0423. The number of carboxylic acids is 1. The third-order valence-electron chi connectivity index (χ3n) is 5.41. The van der Waals surface area contributed by atoms with Gasteiger partial charge in [0.25, 0.3) is 0 Å². The number of hydrogen-bond donors (Lipinski definition) is 2. The van der Waals surface area contributed by atoms with E-state index in [2.05, 4.69) is 5.32 Å². The number of carbonyl (C=O) groups excluding carboxylic acids is 1. The van der Waals surface area contributed by atoms with E-state index >= 15 is 0 Å². The lowest BCUT2D eigenvalue weighted by molar-refractivity contribution is -0.138. The number of fused-ring (bicyclic) bond motifs is 2. The largest absolute Gasteiger partial charge is 0.481 e. The minimum atomic E-state index is -1.02. The van der Waals surface area contributed by atoms with Crippen LogP contribution in [0, 0.1) is 23.6 Å². The van der Waals surface area contributed by atoms with Gasteiger partial charge in [-0.15, -0.1) is 0 Å². The Bertz CT molecular complexity index is 586. The van der Waals surface area contributed by atoms with Crippen LogP contribution in [0.4, 0.5) is 4.39 Å². The van der Waals surface area contributed by atoms with Crippen LogP contribution >= 0.6 is 0 Å². The standard InChI is InChI=1S/C18H22FNO3/c19-15-5-3-12(4-6-15)16(18(22)23)10-20-17(21)9-14-8-11-1-2-13(14)7-11/h3-6,11,13-14,16H,1-2,7-10H2,(H,20,21)(H,22,23). The van der Waals surface area contributed by atoms with Gasteiger partial charge in [-0.3, -0.25) is 9.59 Å². The lowest BCUT2D eigenvalue weighted by Gasteiger charge is -2.21. The van der Waals surface area contributed by atoms with E-state index < -0.39 is 17.7 Å². The molecule has 1 aromatic rings. The van der Waals surface area contributed by atoms with E-state index in [9.17, 15) is 19.1 Å². The first-order valence-corrected chi connectivity index (χ1v) is 8.28. The number of carboxylic acid groups (broad SMARTS) is 1. The summed E-state index contributed by atoms with van der Waals surface area (Å²) >= 11 is 0. The molecular weight excluding hydrogens is 297 g/mol. The number of rotatable bonds is 6. The number of halogens is 1. The van der Waals surface area contributed by atoms with E-state index in [4.69, 9.17) is 0 Å². The Labute approximate surface area is 135 Å². The second-order valence-corrected chi connectivity index (χ2v) is 6.89. The Morgan fingerprint density at radius 2 is 1.96 bits per heavy atom. The van der Waals surface area contributed by atoms with E-state index in [1.54, 1.807) is 0 Å². The Balaban J connectivity index is 1.53. The van der Waals surface area contributed by atoms with Gasteiger partial charge in [-0.2, -0.15) is 0 Å². The van der Waals surface area contributed by atoms with Crippen molar-refractivity contribution in [2.45, 2.75) is 38.0 Å². The maximum Gasteiger partial charge on any atom is 0.312 e. The second-order valence-electron chi connectivity index (χ2n) is 6.89. The molecule has 2 N–H and O–H groups in total. The number of benzene rings is 1. The van der Waals surface area contributed by atoms with Gasteiger partial charge in [-0.25, -0.2) is 4.39 Å². The molecule has 0 aliphatic heterocycles. The lowest BCUT2D eigenvalue weighted by Crippen LogP contribution is -2.33. The fraction of sp³-hybridized carbons (Fsp3) is 0.556. The molecule has 4 unspecified atom stereocenters. The Morgan fingerprint density at radius 3 is 2.52 bits per heavy atom. The average Bonchev–Trinajstić information content (AvgIpc) is 3.11. The normalized spacial score (nSPS) is 26.9. The summed E-state index contributed by atoms with van der Waals surface area (Å²) in [6.07, 6.45) is 5.42. The fourth-order valence-corrected chi connectivity index (χ4v) is 4.20. The summed E-state index contributed by atoms with van der Waals surface area (Å²) in [5, 5.41) is 12.1. The smallest absolute Gasteiger partial charge is 0.312 e. The predicted octanol–water partition coefficient (Wildman–Crippen LogP) is 2.94. The molecule has 0 radical (unpaired) electrons. The molecule has 2 fully saturated rings. The third-order valence-corrected chi connectivity index (χ3v) is 5.41. The average molecular weight is 319 g/mol. The summed E-state index contributed by atoms with van der Waals surface area (Å²) in [5.41, 5.74) is 0.499. The Morgan fingerprint density at radius 1 is 1.22 bits per heavy atom. The monoisotopic (exact) mass is 319 g/mol. The van der Waals surface area contributed by atoms with Crippen LogP contribution in [0.5, 0.6) is 0 Å². The first-order chi connectivity index (χ1) is 11.0.